The number of ether oxygens (including phenoxy) is 1. The summed E-state index contributed by atoms with van der Waals surface area (Å²) in [5.41, 5.74) is 9.22. The highest BCUT2D eigenvalue weighted by molar-refractivity contribution is 5.30. The van der Waals surface area contributed by atoms with Crippen LogP contribution in [0.4, 0.5) is 0 Å². The van der Waals surface area contributed by atoms with E-state index in [2.05, 4.69) is 18.0 Å². The minimum atomic E-state index is 0.0503. The standard InChI is InChI=1S/C16H20N2O/c1-3-15(17)14-9-12(2)16(18-10-14)19-11-13-7-5-4-6-8-13/h4-10,15H,3,11,17H2,1-2H3/t15-/m0/s1. The summed E-state index contributed by atoms with van der Waals surface area (Å²) in [4.78, 5) is 4.36. The van der Waals surface area contributed by atoms with Crippen molar-refractivity contribution in [3.8, 4) is 5.88 Å². The van der Waals surface area contributed by atoms with E-state index in [1.165, 1.54) is 0 Å². The van der Waals surface area contributed by atoms with Crippen LogP contribution in [0, 0.1) is 6.92 Å². The van der Waals surface area contributed by atoms with Crippen molar-refractivity contribution in [3.63, 3.8) is 0 Å². The molecule has 0 saturated heterocycles. The second-order valence-electron chi connectivity index (χ2n) is 4.68. The van der Waals surface area contributed by atoms with Crippen LogP contribution in [0.3, 0.4) is 0 Å². The zero-order chi connectivity index (χ0) is 13.7. The predicted octanol–water partition coefficient (Wildman–Crippen LogP) is 3.38. The molecule has 1 heterocycles. The van der Waals surface area contributed by atoms with E-state index in [0.29, 0.717) is 12.5 Å². The topological polar surface area (TPSA) is 48.1 Å². The molecule has 3 nitrogen and oxygen atoms in total. The maximum atomic E-state index is 6.00. The average Bonchev–Trinajstić information content (AvgIpc) is 2.46. The molecule has 1 aromatic heterocycles. The number of aromatic nitrogens is 1. The van der Waals surface area contributed by atoms with Gasteiger partial charge in [0.05, 0.1) is 0 Å². The SMILES string of the molecule is CC[C@H](N)c1cnc(OCc2ccccc2)c(C)c1. The van der Waals surface area contributed by atoms with Crippen LogP contribution in [0.2, 0.25) is 0 Å². The zero-order valence-corrected chi connectivity index (χ0v) is 11.5. The van der Waals surface area contributed by atoms with Crippen molar-refractivity contribution in [2.45, 2.75) is 32.9 Å². The third-order valence-electron chi connectivity index (χ3n) is 3.14. The Morgan fingerprint density at radius 2 is 2.00 bits per heavy atom. The van der Waals surface area contributed by atoms with Crippen LogP contribution in [0.15, 0.2) is 42.6 Å². The van der Waals surface area contributed by atoms with E-state index >= 15 is 0 Å². The van der Waals surface area contributed by atoms with Gasteiger partial charge in [-0.25, -0.2) is 4.98 Å². The van der Waals surface area contributed by atoms with Gasteiger partial charge in [-0.15, -0.1) is 0 Å². The van der Waals surface area contributed by atoms with Crippen molar-refractivity contribution in [1.82, 2.24) is 4.98 Å². The molecule has 2 aromatic rings. The van der Waals surface area contributed by atoms with Crippen LogP contribution in [0.5, 0.6) is 5.88 Å². The maximum Gasteiger partial charge on any atom is 0.216 e. The second kappa shape index (κ2) is 6.34. The van der Waals surface area contributed by atoms with Gasteiger partial charge in [-0.05, 0) is 30.5 Å². The molecule has 0 aliphatic carbocycles. The largest absolute Gasteiger partial charge is 0.473 e. The highest BCUT2D eigenvalue weighted by Crippen LogP contribution is 2.21. The van der Waals surface area contributed by atoms with Crippen LogP contribution in [0.25, 0.3) is 0 Å². The van der Waals surface area contributed by atoms with Gasteiger partial charge in [-0.2, -0.15) is 0 Å². The number of hydrogen-bond donors (Lipinski definition) is 1. The summed E-state index contributed by atoms with van der Waals surface area (Å²) in [5, 5.41) is 0. The first-order valence-corrected chi connectivity index (χ1v) is 6.59. The Kier molecular flexibility index (Phi) is 4.53. The molecule has 19 heavy (non-hydrogen) atoms. The Morgan fingerprint density at radius 1 is 1.26 bits per heavy atom. The molecule has 3 heteroatoms. The van der Waals surface area contributed by atoms with Gasteiger partial charge < -0.3 is 10.5 Å². The van der Waals surface area contributed by atoms with Gasteiger partial charge in [0, 0.05) is 17.8 Å². The number of benzene rings is 1. The smallest absolute Gasteiger partial charge is 0.216 e. The van der Waals surface area contributed by atoms with Crippen molar-refractivity contribution in [2.75, 3.05) is 0 Å². The van der Waals surface area contributed by atoms with E-state index in [0.717, 1.165) is 23.1 Å². The molecule has 2 N–H and O–H groups in total. The summed E-state index contributed by atoms with van der Waals surface area (Å²) >= 11 is 0. The minimum absolute atomic E-state index is 0.0503. The van der Waals surface area contributed by atoms with E-state index in [9.17, 15) is 0 Å². The van der Waals surface area contributed by atoms with Crippen LogP contribution < -0.4 is 10.5 Å². The first-order valence-electron chi connectivity index (χ1n) is 6.59. The van der Waals surface area contributed by atoms with E-state index in [1.54, 1.807) is 0 Å². The number of nitrogens with two attached hydrogens (primary N) is 1. The van der Waals surface area contributed by atoms with Gasteiger partial charge >= 0.3 is 0 Å². The second-order valence-corrected chi connectivity index (χ2v) is 4.68. The molecule has 0 aliphatic rings. The zero-order valence-electron chi connectivity index (χ0n) is 11.5. The lowest BCUT2D eigenvalue weighted by Gasteiger charge is -2.12. The van der Waals surface area contributed by atoms with Crippen molar-refractivity contribution >= 4 is 0 Å². The Labute approximate surface area is 114 Å². The predicted molar refractivity (Wildman–Crippen MR) is 77.0 cm³/mol. The van der Waals surface area contributed by atoms with Crippen LogP contribution in [-0.4, -0.2) is 4.98 Å². The highest BCUT2D eigenvalue weighted by atomic mass is 16.5. The van der Waals surface area contributed by atoms with Crippen LogP contribution in [-0.2, 0) is 6.61 Å². The summed E-state index contributed by atoms with van der Waals surface area (Å²) in [6.07, 6.45) is 2.72. The molecule has 0 aliphatic heterocycles. The van der Waals surface area contributed by atoms with Crippen molar-refractivity contribution in [3.05, 3.63) is 59.3 Å². The van der Waals surface area contributed by atoms with Crippen molar-refractivity contribution in [1.29, 1.82) is 0 Å². The van der Waals surface area contributed by atoms with E-state index in [-0.39, 0.29) is 6.04 Å². The Bertz CT molecular complexity index is 526. The fraction of sp³-hybridized carbons (Fsp3) is 0.312. The molecule has 100 valence electrons. The number of hydrogen-bond acceptors (Lipinski definition) is 3. The first-order chi connectivity index (χ1) is 9.20. The Morgan fingerprint density at radius 3 is 2.63 bits per heavy atom. The molecule has 0 amide bonds. The fourth-order valence-electron chi connectivity index (χ4n) is 1.90. The molecule has 0 spiro atoms. The molecule has 1 atom stereocenters. The first kappa shape index (κ1) is 13.6. The lowest BCUT2D eigenvalue weighted by Crippen LogP contribution is -2.10. The van der Waals surface area contributed by atoms with Crippen LogP contribution >= 0.6 is 0 Å². The van der Waals surface area contributed by atoms with Gasteiger partial charge in [0.2, 0.25) is 5.88 Å². The van der Waals surface area contributed by atoms with Gasteiger partial charge in [-0.3, -0.25) is 0 Å². The summed E-state index contributed by atoms with van der Waals surface area (Å²) < 4.78 is 5.74. The highest BCUT2D eigenvalue weighted by Gasteiger charge is 2.08. The minimum Gasteiger partial charge on any atom is -0.473 e. The normalized spacial score (nSPS) is 12.2. The number of nitrogens with zero attached hydrogens (tertiary/aromatic N) is 1. The maximum absolute atomic E-state index is 6.00. The molecule has 0 bridgehead atoms. The average molecular weight is 256 g/mol. The van der Waals surface area contributed by atoms with Gasteiger partial charge in [0.15, 0.2) is 0 Å². The van der Waals surface area contributed by atoms with Crippen molar-refractivity contribution in [2.24, 2.45) is 5.73 Å². The summed E-state index contributed by atoms with van der Waals surface area (Å²) in [7, 11) is 0. The number of aryl methyl sites for hydroxylation is 1. The van der Waals surface area contributed by atoms with E-state index < -0.39 is 0 Å². The summed E-state index contributed by atoms with van der Waals surface area (Å²) in [6, 6.07) is 12.2. The third-order valence-corrected chi connectivity index (χ3v) is 3.14. The summed E-state index contributed by atoms with van der Waals surface area (Å²) in [5.74, 6) is 0.677. The quantitative estimate of drug-likeness (QED) is 0.892. The molecule has 0 unspecified atom stereocenters. The molecule has 1 aromatic carbocycles. The Hall–Kier alpha value is -1.87. The Balaban J connectivity index is 2.05. The number of rotatable bonds is 5. The number of pyridine rings is 1. The van der Waals surface area contributed by atoms with Gasteiger partial charge in [0.25, 0.3) is 0 Å². The van der Waals surface area contributed by atoms with Crippen LogP contribution in [0.1, 0.15) is 36.1 Å². The molecular weight excluding hydrogens is 236 g/mol. The van der Waals surface area contributed by atoms with Crippen molar-refractivity contribution < 1.29 is 4.74 Å². The lowest BCUT2D eigenvalue weighted by atomic mass is 10.1. The molecule has 0 saturated carbocycles. The van der Waals surface area contributed by atoms with Gasteiger partial charge in [-0.1, -0.05) is 37.3 Å². The molecule has 0 radical (unpaired) electrons. The third kappa shape index (κ3) is 3.55. The summed E-state index contributed by atoms with van der Waals surface area (Å²) in [6.45, 7) is 4.60. The molecule has 0 fully saturated rings. The molecular formula is C16H20N2O. The monoisotopic (exact) mass is 256 g/mol. The lowest BCUT2D eigenvalue weighted by molar-refractivity contribution is 0.291. The van der Waals surface area contributed by atoms with E-state index in [1.807, 2.05) is 43.5 Å². The fourth-order valence-corrected chi connectivity index (χ4v) is 1.90. The van der Waals surface area contributed by atoms with Gasteiger partial charge in [0.1, 0.15) is 6.61 Å². The van der Waals surface area contributed by atoms with E-state index in [4.69, 9.17) is 10.5 Å². The molecule has 2 rings (SSSR count).